The molecule has 8 heteroatoms. The molecular weight excluding hydrogens is 320 g/mol. The van der Waals surface area contributed by atoms with Crippen LogP contribution in [0.4, 0.5) is 0 Å². The van der Waals surface area contributed by atoms with Crippen LogP contribution >= 0.6 is 0 Å². The van der Waals surface area contributed by atoms with Crippen molar-refractivity contribution >= 4 is 35.1 Å². The van der Waals surface area contributed by atoms with Crippen molar-refractivity contribution in [3.63, 3.8) is 0 Å². The number of carboxylic acid groups (broad SMARTS) is 2. The minimum absolute atomic E-state index is 0.362. The molecule has 0 saturated carbocycles. The van der Waals surface area contributed by atoms with Crippen LogP contribution in [0.1, 0.15) is 6.42 Å². The second-order valence-electron chi connectivity index (χ2n) is 5.34. The van der Waals surface area contributed by atoms with Crippen molar-refractivity contribution in [3.05, 3.63) is 46.1 Å². The van der Waals surface area contributed by atoms with Crippen LogP contribution in [0.5, 0.6) is 0 Å². The molecule has 8 nitrogen and oxygen atoms in total. The van der Waals surface area contributed by atoms with E-state index in [9.17, 15) is 33.9 Å². The first-order chi connectivity index (χ1) is 11.2. The molecule has 0 saturated heterocycles. The van der Waals surface area contributed by atoms with Crippen molar-refractivity contribution in [2.24, 2.45) is 5.92 Å². The van der Waals surface area contributed by atoms with E-state index >= 15 is 0 Å². The number of rotatable bonds is 3. The minimum atomic E-state index is -1.71. The Morgan fingerprint density at radius 2 is 1.46 bits per heavy atom. The van der Waals surface area contributed by atoms with Crippen molar-refractivity contribution in [1.29, 1.82) is 0 Å². The van der Waals surface area contributed by atoms with Gasteiger partial charge in [-0.1, -0.05) is 0 Å². The summed E-state index contributed by atoms with van der Waals surface area (Å²) in [6.45, 7) is 0. The molecule has 0 bridgehead atoms. The molecule has 0 aliphatic heterocycles. The summed E-state index contributed by atoms with van der Waals surface area (Å²) in [5.74, 6) is -7.96. The summed E-state index contributed by atoms with van der Waals surface area (Å²) in [5, 5.41) is 18.2. The zero-order valence-corrected chi connectivity index (χ0v) is 11.9. The van der Waals surface area contributed by atoms with Crippen LogP contribution in [0.25, 0.3) is 0 Å². The number of fused-ring (bicyclic) bond motifs is 1. The summed E-state index contributed by atoms with van der Waals surface area (Å²) < 4.78 is 0. The number of hydrogen-bond acceptors (Lipinski definition) is 6. The predicted octanol–water partition coefficient (Wildman–Crippen LogP) is -0.445. The maximum absolute atomic E-state index is 12.5. The minimum Gasteiger partial charge on any atom is -0.481 e. The molecule has 0 aromatic heterocycles. The first-order valence-corrected chi connectivity index (χ1v) is 6.73. The monoisotopic (exact) mass is 328 g/mol. The van der Waals surface area contributed by atoms with Gasteiger partial charge in [-0.2, -0.15) is 0 Å². The van der Waals surface area contributed by atoms with Gasteiger partial charge in [-0.3, -0.25) is 28.8 Å². The molecule has 0 aromatic rings. The van der Waals surface area contributed by atoms with Gasteiger partial charge in [0.2, 0.25) is 0 Å². The topological polar surface area (TPSA) is 143 Å². The Morgan fingerprint density at radius 3 is 2.04 bits per heavy atom. The van der Waals surface area contributed by atoms with Gasteiger partial charge < -0.3 is 10.2 Å². The summed E-state index contributed by atoms with van der Waals surface area (Å²) in [6, 6.07) is 0. The summed E-state index contributed by atoms with van der Waals surface area (Å²) in [7, 11) is 0. The first-order valence-electron chi connectivity index (χ1n) is 6.73. The Kier molecular flexibility index (Phi) is 3.26. The number of allylic oxidation sites excluding steroid dienone is 5. The first kappa shape index (κ1) is 15.5. The van der Waals surface area contributed by atoms with E-state index in [-0.39, 0.29) is 5.57 Å². The second kappa shape index (κ2) is 5.05. The van der Waals surface area contributed by atoms with E-state index in [1.807, 2.05) is 0 Å². The van der Waals surface area contributed by atoms with E-state index in [0.29, 0.717) is 0 Å². The predicted molar refractivity (Wildman–Crippen MR) is 74.7 cm³/mol. The summed E-state index contributed by atoms with van der Waals surface area (Å²) >= 11 is 0. The SMILES string of the molecule is O=C(O)CC1=CC(=O)C2=C(C1=O)C1=C(C(=O)C=CC1=O)C2C(=O)O. The lowest BCUT2D eigenvalue weighted by atomic mass is 9.84. The molecule has 0 aromatic carbocycles. The van der Waals surface area contributed by atoms with Crippen LogP contribution in [0.15, 0.2) is 46.1 Å². The average Bonchev–Trinajstić information content (AvgIpc) is 2.86. The van der Waals surface area contributed by atoms with Crippen molar-refractivity contribution in [2.45, 2.75) is 6.42 Å². The fourth-order valence-electron chi connectivity index (χ4n) is 3.05. The molecule has 1 unspecified atom stereocenters. The number of Topliss-reactive ketones (excluding diaryl/α,β-unsaturated/α-hetero) is 1. The molecule has 1 atom stereocenters. The number of ketones is 4. The molecule has 0 fully saturated rings. The maximum Gasteiger partial charge on any atom is 0.315 e. The summed E-state index contributed by atoms with van der Waals surface area (Å²) in [4.78, 5) is 71.3. The Morgan fingerprint density at radius 1 is 0.875 bits per heavy atom. The normalized spacial score (nSPS) is 22.7. The molecular formula is C16H8O8. The molecule has 2 N–H and O–H groups in total. The lowest BCUT2D eigenvalue weighted by Crippen LogP contribution is -2.27. The van der Waals surface area contributed by atoms with Crippen LogP contribution in [-0.4, -0.2) is 45.3 Å². The maximum atomic E-state index is 12.5. The zero-order chi connectivity index (χ0) is 17.8. The number of hydrogen-bond donors (Lipinski definition) is 2. The van der Waals surface area contributed by atoms with Crippen LogP contribution in [-0.2, 0) is 28.8 Å². The summed E-state index contributed by atoms with van der Waals surface area (Å²) in [5.41, 5.74) is -2.13. The molecule has 0 spiro atoms. The van der Waals surface area contributed by atoms with Crippen molar-refractivity contribution in [1.82, 2.24) is 0 Å². The molecule has 0 heterocycles. The van der Waals surface area contributed by atoms with Crippen molar-refractivity contribution in [2.75, 3.05) is 0 Å². The Hall–Kier alpha value is -3.42. The van der Waals surface area contributed by atoms with Gasteiger partial charge in [0.15, 0.2) is 23.1 Å². The molecule has 24 heavy (non-hydrogen) atoms. The largest absolute Gasteiger partial charge is 0.481 e. The van der Waals surface area contributed by atoms with Crippen molar-refractivity contribution in [3.8, 4) is 0 Å². The van der Waals surface area contributed by atoms with Crippen molar-refractivity contribution < 1.29 is 39.0 Å². The number of carbonyl (C=O) groups excluding carboxylic acids is 4. The van der Waals surface area contributed by atoms with E-state index in [1.165, 1.54) is 0 Å². The van der Waals surface area contributed by atoms with Gasteiger partial charge in [0.05, 0.1) is 6.42 Å². The standard InChI is InChI=1S/C16H8O8/c17-6-1-2-7(18)11-10(6)13-12(14(11)16(23)24)8(19)3-5(15(13)22)4-9(20)21/h1-3,14H,4H2,(H,20,21)(H,23,24). The van der Waals surface area contributed by atoms with Gasteiger partial charge in [0.25, 0.3) is 0 Å². The van der Waals surface area contributed by atoms with Gasteiger partial charge >= 0.3 is 11.9 Å². The van der Waals surface area contributed by atoms with Gasteiger partial charge in [-0.15, -0.1) is 0 Å². The van der Waals surface area contributed by atoms with E-state index in [0.717, 1.165) is 18.2 Å². The van der Waals surface area contributed by atoms with E-state index in [2.05, 4.69) is 0 Å². The Labute approximate surface area is 133 Å². The lowest BCUT2D eigenvalue weighted by Gasteiger charge is -2.16. The fraction of sp³-hybridized carbons (Fsp3) is 0.125. The third kappa shape index (κ3) is 2.00. The van der Waals surface area contributed by atoms with Crippen LogP contribution in [0, 0.1) is 5.92 Å². The third-order valence-electron chi connectivity index (χ3n) is 3.94. The highest BCUT2D eigenvalue weighted by atomic mass is 16.4. The average molecular weight is 328 g/mol. The fourth-order valence-corrected chi connectivity index (χ4v) is 3.05. The van der Waals surface area contributed by atoms with E-state index < -0.39 is 69.7 Å². The quantitative estimate of drug-likeness (QED) is 0.663. The number of carbonyl (C=O) groups is 6. The molecule has 3 aliphatic carbocycles. The number of aliphatic carboxylic acids is 2. The van der Waals surface area contributed by atoms with E-state index in [4.69, 9.17) is 5.11 Å². The van der Waals surface area contributed by atoms with Gasteiger partial charge in [0.1, 0.15) is 5.92 Å². The van der Waals surface area contributed by atoms with Crippen LogP contribution in [0.3, 0.4) is 0 Å². The second-order valence-corrected chi connectivity index (χ2v) is 5.34. The molecule has 0 amide bonds. The highest BCUT2D eigenvalue weighted by Crippen LogP contribution is 2.44. The van der Waals surface area contributed by atoms with Crippen LogP contribution < -0.4 is 0 Å². The zero-order valence-electron chi connectivity index (χ0n) is 11.9. The Balaban J connectivity index is 2.23. The van der Waals surface area contributed by atoms with Gasteiger partial charge in [0, 0.05) is 27.9 Å². The summed E-state index contributed by atoms with van der Waals surface area (Å²) in [6.07, 6.45) is 1.78. The highest BCUT2D eigenvalue weighted by molar-refractivity contribution is 6.37. The molecule has 120 valence electrons. The van der Waals surface area contributed by atoms with Gasteiger partial charge in [-0.05, 0) is 18.2 Å². The molecule has 0 radical (unpaired) electrons. The van der Waals surface area contributed by atoms with Gasteiger partial charge in [-0.25, -0.2) is 0 Å². The smallest absolute Gasteiger partial charge is 0.315 e. The molecule has 3 rings (SSSR count). The Bertz CT molecular complexity index is 906. The third-order valence-corrected chi connectivity index (χ3v) is 3.94. The molecule has 3 aliphatic rings. The lowest BCUT2D eigenvalue weighted by molar-refractivity contribution is -0.140. The van der Waals surface area contributed by atoms with E-state index in [1.54, 1.807) is 0 Å². The van der Waals surface area contributed by atoms with Crippen LogP contribution in [0.2, 0.25) is 0 Å². The highest BCUT2D eigenvalue weighted by Gasteiger charge is 2.50. The number of carboxylic acids is 2.